The molecule has 0 bridgehead atoms. The van der Waals surface area contributed by atoms with Crippen LogP contribution in [0.1, 0.15) is 22.5 Å². The van der Waals surface area contributed by atoms with Crippen LogP contribution in [0.5, 0.6) is 5.75 Å². The molecule has 0 aliphatic rings. The summed E-state index contributed by atoms with van der Waals surface area (Å²) in [6, 6.07) is 12.0. The van der Waals surface area contributed by atoms with E-state index >= 15 is 0 Å². The van der Waals surface area contributed by atoms with Crippen LogP contribution >= 0.6 is 0 Å². The van der Waals surface area contributed by atoms with Crippen molar-refractivity contribution in [3.63, 3.8) is 0 Å². The lowest BCUT2D eigenvalue weighted by Gasteiger charge is -2.10. The topological polar surface area (TPSA) is 55.6 Å². The van der Waals surface area contributed by atoms with Gasteiger partial charge in [0, 0.05) is 24.9 Å². The van der Waals surface area contributed by atoms with Crippen molar-refractivity contribution in [1.29, 1.82) is 0 Å². The van der Waals surface area contributed by atoms with E-state index in [9.17, 15) is 4.79 Å². The molecule has 0 aliphatic carbocycles. The zero-order chi connectivity index (χ0) is 17.8. The summed E-state index contributed by atoms with van der Waals surface area (Å²) in [5, 5.41) is 2.88. The predicted octanol–water partition coefficient (Wildman–Crippen LogP) is 3.00. The quantitative estimate of drug-likeness (QED) is 0.752. The fourth-order valence-electron chi connectivity index (χ4n) is 2.71. The monoisotopic (exact) mass is 337 g/mol. The molecule has 0 spiro atoms. The number of hydrogen-bond donors (Lipinski definition) is 1. The van der Waals surface area contributed by atoms with Crippen molar-refractivity contribution in [2.45, 2.75) is 27.2 Å². The molecule has 0 unspecified atom stereocenters. The second-order valence-electron chi connectivity index (χ2n) is 6.29. The molecule has 130 valence electrons. The van der Waals surface area contributed by atoms with Gasteiger partial charge in [-0.3, -0.25) is 4.79 Å². The Morgan fingerprint density at radius 3 is 2.84 bits per heavy atom. The number of ether oxygens (including phenoxy) is 1. The summed E-state index contributed by atoms with van der Waals surface area (Å²) in [5.41, 5.74) is 5.17. The van der Waals surface area contributed by atoms with Crippen LogP contribution in [0.3, 0.4) is 0 Å². The lowest BCUT2D eigenvalue weighted by molar-refractivity contribution is -0.123. The number of carbonyl (C=O) groups excluding carboxylic acids is 1. The van der Waals surface area contributed by atoms with E-state index in [4.69, 9.17) is 4.74 Å². The largest absolute Gasteiger partial charge is 0.483 e. The van der Waals surface area contributed by atoms with Gasteiger partial charge in [0.1, 0.15) is 11.4 Å². The van der Waals surface area contributed by atoms with Gasteiger partial charge in [-0.05, 0) is 50.1 Å². The molecule has 0 atom stereocenters. The summed E-state index contributed by atoms with van der Waals surface area (Å²) in [6.07, 6.45) is 2.71. The number of nitrogens with one attached hydrogen (secondary N) is 1. The molecule has 3 rings (SSSR count). The molecule has 1 aromatic carbocycles. The van der Waals surface area contributed by atoms with Crippen LogP contribution in [0.25, 0.3) is 5.65 Å². The van der Waals surface area contributed by atoms with E-state index in [1.807, 2.05) is 63.4 Å². The van der Waals surface area contributed by atoms with E-state index in [-0.39, 0.29) is 12.5 Å². The lowest BCUT2D eigenvalue weighted by Crippen LogP contribution is -2.30. The van der Waals surface area contributed by atoms with Gasteiger partial charge in [0.2, 0.25) is 0 Å². The minimum Gasteiger partial charge on any atom is -0.483 e. The highest BCUT2D eigenvalue weighted by atomic mass is 16.5. The fourth-order valence-corrected chi connectivity index (χ4v) is 2.71. The number of rotatable bonds is 6. The fraction of sp³-hybridized carbons (Fsp3) is 0.300. The van der Waals surface area contributed by atoms with Crippen molar-refractivity contribution in [2.24, 2.45) is 0 Å². The maximum absolute atomic E-state index is 12.0. The third kappa shape index (κ3) is 4.18. The Bertz CT molecular complexity index is 899. The molecule has 2 heterocycles. The number of carbonyl (C=O) groups is 1. The van der Waals surface area contributed by atoms with E-state index in [1.54, 1.807) is 0 Å². The Labute approximate surface area is 147 Å². The SMILES string of the molecule is Cc1ccc(C)c(OCC(=O)NCCc2cn3c(C)cccc3n2)c1. The molecule has 2 aromatic heterocycles. The summed E-state index contributed by atoms with van der Waals surface area (Å²) in [5.74, 6) is 0.631. The molecule has 1 amide bonds. The summed E-state index contributed by atoms with van der Waals surface area (Å²) in [7, 11) is 0. The van der Waals surface area contributed by atoms with Gasteiger partial charge in [-0.1, -0.05) is 18.2 Å². The van der Waals surface area contributed by atoms with E-state index in [0.717, 1.165) is 33.9 Å². The van der Waals surface area contributed by atoms with Crippen LogP contribution in [-0.4, -0.2) is 28.4 Å². The lowest BCUT2D eigenvalue weighted by atomic mass is 10.1. The molecule has 0 saturated heterocycles. The molecule has 3 aromatic rings. The summed E-state index contributed by atoms with van der Waals surface area (Å²) in [6.45, 7) is 6.58. The van der Waals surface area contributed by atoms with Gasteiger partial charge in [0.15, 0.2) is 6.61 Å². The number of imidazole rings is 1. The number of aryl methyl sites for hydroxylation is 3. The van der Waals surface area contributed by atoms with Crippen LogP contribution < -0.4 is 10.1 Å². The highest BCUT2D eigenvalue weighted by molar-refractivity contribution is 5.77. The number of hydrogen-bond acceptors (Lipinski definition) is 3. The van der Waals surface area contributed by atoms with E-state index in [1.165, 1.54) is 0 Å². The smallest absolute Gasteiger partial charge is 0.257 e. The average Bonchev–Trinajstić information content (AvgIpc) is 3.00. The van der Waals surface area contributed by atoms with Gasteiger partial charge in [0.25, 0.3) is 5.91 Å². The molecule has 0 aliphatic heterocycles. The third-order valence-corrected chi connectivity index (χ3v) is 4.15. The first-order valence-corrected chi connectivity index (χ1v) is 8.43. The standard InChI is InChI=1S/C20H23N3O2/c1-14-7-8-15(2)18(11-14)25-13-20(24)21-10-9-17-12-23-16(3)5-4-6-19(23)22-17/h4-8,11-12H,9-10,13H2,1-3H3,(H,21,24). The van der Waals surface area contributed by atoms with Gasteiger partial charge >= 0.3 is 0 Å². The predicted molar refractivity (Wildman–Crippen MR) is 98.1 cm³/mol. The first-order chi connectivity index (χ1) is 12.0. The molecular weight excluding hydrogens is 314 g/mol. The number of aromatic nitrogens is 2. The Balaban J connectivity index is 1.49. The highest BCUT2D eigenvalue weighted by Gasteiger charge is 2.07. The van der Waals surface area contributed by atoms with Crippen molar-refractivity contribution in [2.75, 3.05) is 13.2 Å². The Kier molecular flexibility index (Phi) is 5.03. The van der Waals surface area contributed by atoms with Gasteiger partial charge in [-0.2, -0.15) is 0 Å². The summed E-state index contributed by atoms with van der Waals surface area (Å²) in [4.78, 5) is 16.5. The number of fused-ring (bicyclic) bond motifs is 1. The number of benzene rings is 1. The number of nitrogens with zero attached hydrogens (tertiary/aromatic N) is 2. The van der Waals surface area contributed by atoms with Crippen molar-refractivity contribution >= 4 is 11.6 Å². The van der Waals surface area contributed by atoms with E-state index < -0.39 is 0 Å². The number of pyridine rings is 1. The average molecular weight is 337 g/mol. The van der Waals surface area contributed by atoms with Crippen molar-refractivity contribution in [3.05, 3.63) is 65.1 Å². The Morgan fingerprint density at radius 1 is 1.20 bits per heavy atom. The highest BCUT2D eigenvalue weighted by Crippen LogP contribution is 2.18. The van der Waals surface area contributed by atoms with Crippen molar-refractivity contribution in [1.82, 2.24) is 14.7 Å². The minimum absolute atomic E-state index is 0.0224. The van der Waals surface area contributed by atoms with E-state index in [0.29, 0.717) is 13.0 Å². The van der Waals surface area contributed by atoms with E-state index in [2.05, 4.69) is 14.7 Å². The molecule has 5 heteroatoms. The second kappa shape index (κ2) is 7.38. The molecule has 0 fully saturated rings. The van der Waals surface area contributed by atoms with Crippen LogP contribution in [0, 0.1) is 20.8 Å². The number of amides is 1. The molecular formula is C20H23N3O2. The molecule has 0 radical (unpaired) electrons. The molecule has 0 saturated carbocycles. The van der Waals surface area contributed by atoms with Gasteiger partial charge in [-0.25, -0.2) is 4.98 Å². The third-order valence-electron chi connectivity index (χ3n) is 4.15. The first kappa shape index (κ1) is 17.0. The molecule has 1 N–H and O–H groups in total. The first-order valence-electron chi connectivity index (χ1n) is 8.43. The van der Waals surface area contributed by atoms with Gasteiger partial charge < -0.3 is 14.5 Å². The Morgan fingerprint density at radius 2 is 2.04 bits per heavy atom. The van der Waals surface area contributed by atoms with Crippen LogP contribution in [0.15, 0.2) is 42.6 Å². The van der Waals surface area contributed by atoms with Gasteiger partial charge in [-0.15, -0.1) is 0 Å². The van der Waals surface area contributed by atoms with Gasteiger partial charge in [0.05, 0.1) is 5.69 Å². The maximum atomic E-state index is 12.0. The van der Waals surface area contributed by atoms with Crippen molar-refractivity contribution < 1.29 is 9.53 Å². The molecule has 5 nitrogen and oxygen atoms in total. The summed E-state index contributed by atoms with van der Waals surface area (Å²) >= 11 is 0. The molecule has 25 heavy (non-hydrogen) atoms. The normalized spacial score (nSPS) is 10.8. The van der Waals surface area contributed by atoms with Crippen LogP contribution in [0.2, 0.25) is 0 Å². The maximum Gasteiger partial charge on any atom is 0.257 e. The minimum atomic E-state index is -0.124. The second-order valence-corrected chi connectivity index (χ2v) is 6.29. The zero-order valence-electron chi connectivity index (χ0n) is 14.9. The Hall–Kier alpha value is -2.82. The van der Waals surface area contributed by atoms with Crippen LogP contribution in [-0.2, 0) is 11.2 Å². The zero-order valence-corrected chi connectivity index (χ0v) is 14.9. The van der Waals surface area contributed by atoms with Crippen LogP contribution in [0.4, 0.5) is 0 Å². The summed E-state index contributed by atoms with van der Waals surface area (Å²) < 4.78 is 7.67. The van der Waals surface area contributed by atoms with Crippen molar-refractivity contribution in [3.8, 4) is 5.75 Å².